The number of nitrogens with zero attached hydrogens (tertiary/aromatic N) is 1. The van der Waals surface area contributed by atoms with Crippen LogP contribution in [0.1, 0.15) is 19.5 Å². The van der Waals surface area contributed by atoms with Gasteiger partial charge in [-0.1, -0.05) is 42.2 Å². The predicted octanol–water partition coefficient (Wildman–Crippen LogP) is 4.15. The zero-order valence-corrected chi connectivity index (χ0v) is 11.7. The van der Waals surface area contributed by atoms with Crippen molar-refractivity contribution in [2.45, 2.75) is 26.4 Å². The third-order valence-corrected chi connectivity index (χ3v) is 3.19. The highest BCUT2D eigenvalue weighted by Gasteiger charge is 2.08. The molecule has 2 aromatic rings. The molecular weight excluding hydrogens is 271 g/mol. The summed E-state index contributed by atoms with van der Waals surface area (Å²) in [6.45, 7) is 4.85. The Morgan fingerprint density at radius 1 is 1.22 bits per heavy atom. The second-order valence-electron chi connectivity index (χ2n) is 4.35. The molecule has 0 saturated carbocycles. The number of nitrogens with one attached hydrogen (secondary N) is 1. The van der Waals surface area contributed by atoms with Crippen LogP contribution in [0.3, 0.4) is 0 Å². The maximum atomic E-state index is 5.97. The van der Waals surface area contributed by atoms with Crippen molar-refractivity contribution < 1.29 is 4.52 Å². The second kappa shape index (κ2) is 5.74. The summed E-state index contributed by atoms with van der Waals surface area (Å²) in [5.41, 5.74) is 1.73. The minimum Gasteiger partial charge on any atom is -0.356 e. The van der Waals surface area contributed by atoms with Crippen LogP contribution in [0, 0.1) is 0 Å². The van der Waals surface area contributed by atoms with E-state index < -0.39 is 0 Å². The van der Waals surface area contributed by atoms with Gasteiger partial charge in [0.2, 0.25) is 0 Å². The van der Waals surface area contributed by atoms with E-state index in [2.05, 4.69) is 24.3 Å². The van der Waals surface area contributed by atoms with Gasteiger partial charge in [0.15, 0.2) is 5.76 Å². The van der Waals surface area contributed by atoms with Gasteiger partial charge in [0.25, 0.3) is 0 Å². The molecule has 0 spiro atoms. The molecule has 0 amide bonds. The zero-order valence-electron chi connectivity index (χ0n) is 10.2. The molecule has 1 N–H and O–H groups in total. The lowest BCUT2D eigenvalue weighted by molar-refractivity contribution is 0.417. The van der Waals surface area contributed by atoms with Crippen LogP contribution < -0.4 is 5.32 Å². The highest BCUT2D eigenvalue weighted by atomic mass is 35.5. The monoisotopic (exact) mass is 284 g/mol. The first-order chi connectivity index (χ1) is 8.56. The molecule has 0 radical (unpaired) electrons. The predicted molar refractivity (Wildman–Crippen MR) is 73.9 cm³/mol. The van der Waals surface area contributed by atoms with Crippen LogP contribution >= 0.6 is 23.2 Å². The van der Waals surface area contributed by atoms with Crippen LogP contribution in [-0.4, -0.2) is 11.2 Å². The minimum absolute atomic E-state index is 0.412. The first kappa shape index (κ1) is 13.4. The van der Waals surface area contributed by atoms with E-state index in [9.17, 15) is 0 Å². The lowest BCUT2D eigenvalue weighted by Crippen LogP contribution is -2.21. The highest BCUT2D eigenvalue weighted by molar-refractivity contribution is 6.42. The van der Waals surface area contributed by atoms with E-state index in [1.54, 1.807) is 12.1 Å². The van der Waals surface area contributed by atoms with Crippen molar-refractivity contribution in [2.24, 2.45) is 0 Å². The highest BCUT2D eigenvalue weighted by Crippen LogP contribution is 2.28. The molecule has 3 nitrogen and oxygen atoms in total. The van der Waals surface area contributed by atoms with Gasteiger partial charge in [0.05, 0.1) is 15.7 Å². The molecule has 1 heterocycles. The van der Waals surface area contributed by atoms with Gasteiger partial charge < -0.3 is 9.84 Å². The Hall–Kier alpha value is -1.03. The quantitative estimate of drug-likeness (QED) is 0.917. The van der Waals surface area contributed by atoms with E-state index >= 15 is 0 Å². The van der Waals surface area contributed by atoms with Crippen molar-refractivity contribution in [3.8, 4) is 11.3 Å². The van der Waals surface area contributed by atoms with Crippen LogP contribution in [0.4, 0.5) is 0 Å². The number of hydrogen-bond acceptors (Lipinski definition) is 3. The molecule has 0 aliphatic rings. The smallest absolute Gasteiger partial charge is 0.167 e. The molecule has 5 heteroatoms. The van der Waals surface area contributed by atoms with Crippen molar-refractivity contribution in [3.63, 3.8) is 0 Å². The van der Waals surface area contributed by atoms with Crippen LogP contribution in [0.5, 0.6) is 0 Å². The topological polar surface area (TPSA) is 38.1 Å². The van der Waals surface area contributed by atoms with Crippen LogP contribution in [0.15, 0.2) is 28.8 Å². The lowest BCUT2D eigenvalue weighted by atomic mass is 10.1. The molecule has 0 aliphatic heterocycles. The summed E-state index contributed by atoms with van der Waals surface area (Å²) >= 11 is 11.8. The number of benzene rings is 1. The van der Waals surface area contributed by atoms with Crippen molar-refractivity contribution in [1.29, 1.82) is 0 Å². The Labute approximate surface area is 116 Å². The summed E-state index contributed by atoms with van der Waals surface area (Å²) in [4.78, 5) is 0. The Kier molecular flexibility index (Phi) is 4.27. The van der Waals surface area contributed by atoms with Crippen LogP contribution in [0.25, 0.3) is 11.3 Å². The SMILES string of the molecule is CC(C)NCc1cc(-c2ccc(Cl)c(Cl)c2)on1. The molecule has 0 saturated heterocycles. The molecule has 0 aliphatic carbocycles. The molecular formula is C13H14Cl2N2O. The first-order valence-electron chi connectivity index (χ1n) is 5.70. The fraction of sp³-hybridized carbons (Fsp3) is 0.308. The average Bonchev–Trinajstić information content (AvgIpc) is 2.79. The Morgan fingerprint density at radius 3 is 2.67 bits per heavy atom. The molecule has 0 atom stereocenters. The minimum atomic E-state index is 0.412. The molecule has 1 aromatic heterocycles. The molecule has 0 fully saturated rings. The summed E-state index contributed by atoms with van der Waals surface area (Å²) in [5, 5.41) is 8.32. The Bertz CT molecular complexity index is 538. The van der Waals surface area contributed by atoms with Crippen LogP contribution in [-0.2, 0) is 6.54 Å². The van der Waals surface area contributed by atoms with Gasteiger partial charge >= 0.3 is 0 Å². The molecule has 96 valence electrons. The number of aromatic nitrogens is 1. The molecule has 0 bridgehead atoms. The summed E-state index contributed by atoms with van der Waals surface area (Å²) in [6.07, 6.45) is 0. The third-order valence-electron chi connectivity index (χ3n) is 2.45. The summed E-state index contributed by atoms with van der Waals surface area (Å²) in [5.74, 6) is 0.689. The molecule has 2 rings (SSSR count). The van der Waals surface area contributed by atoms with Gasteiger partial charge in [-0.15, -0.1) is 0 Å². The maximum absolute atomic E-state index is 5.97. The maximum Gasteiger partial charge on any atom is 0.167 e. The molecule has 18 heavy (non-hydrogen) atoms. The average molecular weight is 285 g/mol. The Morgan fingerprint density at radius 2 is 2.00 bits per heavy atom. The van der Waals surface area contributed by atoms with E-state index in [1.165, 1.54) is 0 Å². The van der Waals surface area contributed by atoms with Crippen molar-refractivity contribution >= 4 is 23.2 Å². The summed E-state index contributed by atoms with van der Waals surface area (Å²) in [6, 6.07) is 7.68. The fourth-order valence-electron chi connectivity index (χ4n) is 1.49. The van der Waals surface area contributed by atoms with Crippen molar-refractivity contribution in [3.05, 3.63) is 40.0 Å². The van der Waals surface area contributed by atoms with Gasteiger partial charge in [-0.25, -0.2) is 0 Å². The Balaban J connectivity index is 2.16. The van der Waals surface area contributed by atoms with E-state index in [0.717, 1.165) is 11.3 Å². The summed E-state index contributed by atoms with van der Waals surface area (Å²) < 4.78 is 5.29. The van der Waals surface area contributed by atoms with Gasteiger partial charge in [0.1, 0.15) is 0 Å². The van der Waals surface area contributed by atoms with Crippen molar-refractivity contribution in [1.82, 2.24) is 10.5 Å². The van der Waals surface area contributed by atoms with Gasteiger partial charge in [-0.2, -0.15) is 0 Å². The number of rotatable bonds is 4. The van der Waals surface area contributed by atoms with Gasteiger partial charge in [-0.3, -0.25) is 0 Å². The lowest BCUT2D eigenvalue weighted by Gasteiger charge is -2.03. The van der Waals surface area contributed by atoms with E-state index in [-0.39, 0.29) is 0 Å². The van der Waals surface area contributed by atoms with Gasteiger partial charge in [0, 0.05) is 24.2 Å². The number of hydrogen-bond donors (Lipinski definition) is 1. The fourth-order valence-corrected chi connectivity index (χ4v) is 1.79. The largest absolute Gasteiger partial charge is 0.356 e. The normalized spacial score (nSPS) is 11.2. The van der Waals surface area contributed by atoms with E-state index in [4.69, 9.17) is 27.7 Å². The third kappa shape index (κ3) is 3.25. The van der Waals surface area contributed by atoms with Crippen molar-refractivity contribution in [2.75, 3.05) is 0 Å². The molecule has 1 aromatic carbocycles. The van der Waals surface area contributed by atoms with Gasteiger partial charge in [-0.05, 0) is 18.2 Å². The zero-order chi connectivity index (χ0) is 13.1. The summed E-state index contributed by atoms with van der Waals surface area (Å²) in [7, 11) is 0. The number of halogens is 2. The van der Waals surface area contributed by atoms with E-state index in [0.29, 0.717) is 28.4 Å². The first-order valence-corrected chi connectivity index (χ1v) is 6.46. The second-order valence-corrected chi connectivity index (χ2v) is 5.16. The van der Waals surface area contributed by atoms with E-state index in [1.807, 2.05) is 12.1 Å². The van der Waals surface area contributed by atoms with Crippen LogP contribution in [0.2, 0.25) is 10.0 Å². The molecule has 0 unspecified atom stereocenters. The standard InChI is InChI=1S/C13H14Cl2N2O/c1-8(2)16-7-10-6-13(18-17-10)9-3-4-11(14)12(15)5-9/h3-6,8,16H,7H2,1-2H3.